The van der Waals surface area contributed by atoms with Crippen LogP contribution in [0.4, 0.5) is 86.3 Å². The molecule has 137 heavy (non-hydrogen) atoms. The summed E-state index contributed by atoms with van der Waals surface area (Å²) >= 11 is 24.5. The number of piperazine rings is 4. The third kappa shape index (κ3) is 20.6. The maximum absolute atomic E-state index is 14.7. The van der Waals surface area contributed by atoms with Gasteiger partial charge in [-0.05, 0) is 168 Å². The fourth-order valence-corrected chi connectivity index (χ4v) is 19.0. The smallest absolute Gasteiger partial charge is 0.164 e. The van der Waals surface area contributed by atoms with Gasteiger partial charge >= 0.3 is 0 Å². The zero-order chi connectivity index (χ0) is 95.6. The third-order valence-electron chi connectivity index (χ3n) is 25.5. The van der Waals surface area contributed by atoms with Crippen molar-refractivity contribution in [2.24, 2.45) is 0 Å². The minimum absolute atomic E-state index is 0.159. The molecule has 0 amide bonds. The SMILES string of the molecule is CC(C)c1cnc(-c2cc(Cl)ccc2F)nc1Nc1ccnc2[nH]cc(N3CCNCC3C)c12.CC1CN(c2c[nH]c3nccc(Nc4nc(-c5cc(Cl)ccc5F)ncc4C(C)C)c23)CCN1.CC1CNCCN1c1c[nH]c2nccc(Nc3nc(-c4cc(Cl)ccc4F)ncc3C3CC3)c12.Cc1nc(-c2cc(Cl)ccc2F)nc(Nc2ccnc3[nH]cc(N4CCNCC4C)c23)c1C(C)C. The van der Waals surface area contributed by atoms with Gasteiger partial charge in [-0.1, -0.05) is 87.9 Å². The van der Waals surface area contributed by atoms with Gasteiger partial charge in [0.2, 0.25) is 0 Å². The minimum Gasteiger partial charge on any atom is -0.367 e. The number of halogens is 8. The number of anilines is 12. The van der Waals surface area contributed by atoms with Crippen LogP contribution in [0, 0.1) is 30.2 Å². The summed E-state index contributed by atoms with van der Waals surface area (Å²) in [4.78, 5) is 78.0. The zero-order valence-corrected chi connectivity index (χ0v) is 80.8. The lowest BCUT2D eigenvalue weighted by atomic mass is 10.0. The van der Waals surface area contributed by atoms with E-state index in [9.17, 15) is 17.6 Å². The lowest BCUT2D eigenvalue weighted by Gasteiger charge is -2.35. The molecule has 4 unspecified atom stereocenters. The van der Waals surface area contributed by atoms with E-state index in [1.807, 2.05) is 62.2 Å². The number of aromatic amines is 4. The largest absolute Gasteiger partial charge is 0.367 e. The van der Waals surface area contributed by atoms with Crippen molar-refractivity contribution in [3.63, 3.8) is 0 Å². The molecule has 12 N–H and O–H groups in total. The second-order valence-corrected chi connectivity index (χ2v) is 37.9. The maximum atomic E-state index is 14.7. The Hall–Kier alpha value is -12.9. The van der Waals surface area contributed by atoms with E-state index in [2.05, 4.69) is 191 Å². The second kappa shape index (κ2) is 41.2. The van der Waals surface area contributed by atoms with Crippen LogP contribution >= 0.6 is 46.4 Å². The number of nitrogens with zero attached hydrogens (tertiary/aromatic N) is 16. The molecule has 1 aliphatic carbocycles. The van der Waals surface area contributed by atoms with Gasteiger partial charge in [-0.15, -0.1) is 0 Å². The van der Waals surface area contributed by atoms with Gasteiger partial charge in [0.15, 0.2) is 23.3 Å². The molecule has 12 aromatic heterocycles. The maximum Gasteiger partial charge on any atom is 0.164 e. The minimum atomic E-state index is -0.417. The van der Waals surface area contributed by atoms with Gasteiger partial charge < -0.3 is 82.1 Å². The quantitative estimate of drug-likeness (QED) is 0.0315. The monoisotopic (exact) mass is 1930 g/mol. The first-order valence-electron chi connectivity index (χ1n) is 46.4. The highest BCUT2D eigenvalue weighted by Gasteiger charge is 2.33. The summed E-state index contributed by atoms with van der Waals surface area (Å²) in [6, 6.07) is 26.9. The fraction of sp³-hybridized carbons (Fsp3) is 0.327. The highest BCUT2D eigenvalue weighted by Crippen LogP contribution is 2.47. The molecule has 4 saturated heterocycles. The van der Waals surface area contributed by atoms with Crippen molar-refractivity contribution in [1.29, 1.82) is 0 Å². The lowest BCUT2D eigenvalue weighted by molar-refractivity contribution is 0.485. The number of benzene rings is 4. The zero-order valence-electron chi connectivity index (χ0n) is 77.8. The predicted octanol–water partition coefficient (Wildman–Crippen LogP) is 22.0. The van der Waals surface area contributed by atoms with Gasteiger partial charge in [-0.3, -0.25) is 0 Å². The number of aryl methyl sites for hydroxylation is 1. The van der Waals surface area contributed by atoms with Crippen LogP contribution in [0.3, 0.4) is 0 Å². The Balaban J connectivity index is 0.000000121. The number of hydrogen-bond donors (Lipinski definition) is 12. The van der Waals surface area contributed by atoms with Crippen molar-refractivity contribution in [2.75, 3.05) is 119 Å². The van der Waals surface area contributed by atoms with Crippen LogP contribution in [0.25, 0.3) is 89.7 Å². The normalized spacial score (nSPS) is 16.9. The summed E-state index contributed by atoms with van der Waals surface area (Å²) in [5.41, 5.74) is 17.0. The molecular weight excluding hydrogens is 1820 g/mol. The number of rotatable bonds is 20. The first-order chi connectivity index (χ1) is 66.2. The Labute approximate surface area is 811 Å². The van der Waals surface area contributed by atoms with E-state index in [4.69, 9.17) is 66.3 Å². The van der Waals surface area contributed by atoms with E-state index in [-0.39, 0.29) is 51.7 Å². The Morgan fingerprint density at radius 2 is 0.723 bits per heavy atom. The van der Waals surface area contributed by atoms with E-state index >= 15 is 0 Å². The van der Waals surface area contributed by atoms with Gasteiger partial charge in [0.25, 0.3) is 0 Å². The van der Waals surface area contributed by atoms with Crippen LogP contribution in [-0.2, 0) is 0 Å². The van der Waals surface area contributed by atoms with Gasteiger partial charge in [0, 0.05) is 219 Å². The second-order valence-electron chi connectivity index (χ2n) is 36.2. The average molecular weight is 1930 g/mol. The standard InChI is InChI=1S/C26H29ClFN7.C25H25ClFN7.2C25H27ClFN7/c1-14(2)22-16(4)32-24(18-11-17(27)5-6-19(18)28)34-26(22)33-20-7-8-30-25-23(20)21(13-31-25)35-10-9-29-12-15(35)3;1-14-11-28-8-9-34(14)21-13-31-25-22(21)20(6-7-29-25)32-24-18(15-2-3-15)12-30-23(33-24)17-10-16(26)4-5-19(17)27;1-14(2)18-11-30-23(17-10-16(26)4-5-19(17)27)33-24(18)32-20-6-7-29-25-22(20)21(12-31-25)34-9-8-28-15(3)13-34;1-14(2)18-12-30-23(17-10-16(26)4-5-19(17)27)33-24(18)32-20-6-7-29-25-22(20)21(13-31-25)34-9-8-28-11-15(34)3/h5-8,11,13-15,29H,9-10,12H2,1-4H3,(H2,30,31,32,33,34);4-7,10,12-15,28H,2-3,8-9,11H2,1H3,(H2,29,30,31,32,33);4-7,10-12,14-15,28H,8-9,13H2,1-3H3,(H2,29,30,31,32,33);4-7,10,12-15,28H,8-9,11H2,1-3H3,(H2,29,30,31,32,33). The number of pyridine rings is 4. The highest BCUT2D eigenvalue weighted by atomic mass is 35.5. The molecular formula is C101H108Cl4F4N28. The molecule has 4 aromatic carbocycles. The van der Waals surface area contributed by atoms with Crippen molar-refractivity contribution < 1.29 is 17.6 Å². The lowest BCUT2D eigenvalue weighted by Crippen LogP contribution is -2.49. The molecule has 0 spiro atoms. The van der Waals surface area contributed by atoms with Crippen LogP contribution in [0.2, 0.25) is 20.1 Å². The topological polar surface area (TPSA) is 327 Å². The van der Waals surface area contributed by atoms with Gasteiger partial charge in [0.1, 0.15) is 69.1 Å². The molecule has 36 heteroatoms. The van der Waals surface area contributed by atoms with Crippen LogP contribution in [0.5, 0.6) is 0 Å². The number of H-pyrrole nitrogens is 4. The van der Waals surface area contributed by atoms with Gasteiger partial charge in [0.05, 0.1) is 89.3 Å². The summed E-state index contributed by atoms with van der Waals surface area (Å²) < 4.78 is 58.4. The Kier molecular flexibility index (Phi) is 28.4. The summed E-state index contributed by atoms with van der Waals surface area (Å²) in [6.45, 7) is 34.3. The molecule has 28 nitrogen and oxygen atoms in total. The molecule has 1 saturated carbocycles. The molecule has 21 rings (SSSR count). The first kappa shape index (κ1) is 94.4. The van der Waals surface area contributed by atoms with Gasteiger partial charge in [-0.25, -0.2) is 77.4 Å². The Bertz CT molecular complexity index is 6880. The van der Waals surface area contributed by atoms with Gasteiger partial charge in [-0.2, -0.15) is 0 Å². The summed E-state index contributed by atoms with van der Waals surface area (Å²) in [5.74, 6) is 3.02. The first-order valence-corrected chi connectivity index (χ1v) is 47.9. The van der Waals surface area contributed by atoms with Crippen LogP contribution in [-0.4, -0.2) is 182 Å². The molecule has 5 fully saturated rings. The highest BCUT2D eigenvalue weighted by molar-refractivity contribution is 6.32. The molecule has 16 aromatic rings. The number of hydrogen-bond acceptors (Lipinski definition) is 24. The molecule has 708 valence electrons. The fourth-order valence-electron chi connectivity index (χ4n) is 18.3. The summed E-state index contributed by atoms with van der Waals surface area (Å²) in [6.07, 6.45) is 22.7. The molecule has 16 heterocycles. The van der Waals surface area contributed by atoms with E-state index < -0.39 is 23.3 Å². The molecule has 0 bridgehead atoms. The van der Waals surface area contributed by atoms with Crippen molar-refractivity contribution in [2.45, 2.75) is 137 Å². The van der Waals surface area contributed by atoms with Crippen LogP contribution in [0.15, 0.2) is 165 Å². The van der Waals surface area contributed by atoms with Crippen LogP contribution in [0.1, 0.15) is 134 Å². The van der Waals surface area contributed by atoms with Crippen molar-refractivity contribution in [3.8, 4) is 45.6 Å². The van der Waals surface area contributed by atoms with Crippen LogP contribution < -0.4 is 62.1 Å². The van der Waals surface area contributed by atoms with E-state index in [0.717, 1.165) is 209 Å². The number of nitrogens with one attached hydrogen (secondary N) is 12. The van der Waals surface area contributed by atoms with E-state index in [1.54, 1.807) is 61.4 Å². The van der Waals surface area contributed by atoms with E-state index in [1.165, 1.54) is 48.5 Å². The molecule has 4 atom stereocenters. The Morgan fingerprint density at radius 3 is 1.09 bits per heavy atom. The average Bonchev–Trinajstić information content (AvgIpc) is 1.66. The number of aromatic nitrogens is 16. The Morgan fingerprint density at radius 1 is 0.380 bits per heavy atom. The number of fused-ring (bicyclic) bond motifs is 4. The van der Waals surface area contributed by atoms with Crippen molar-refractivity contribution in [3.05, 3.63) is 237 Å². The third-order valence-corrected chi connectivity index (χ3v) is 26.4. The van der Waals surface area contributed by atoms with E-state index in [0.29, 0.717) is 85.1 Å². The van der Waals surface area contributed by atoms with Crippen molar-refractivity contribution in [1.82, 2.24) is 101 Å². The molecule has 5 aliphatic rings. The molecule has 4 aliphatic heterocycles. The summed E-state index contributed by atoms with van der Waals surface area (Å²) in [7, 11) is 0. The predicted molar refractivity (Wildman–Crippen MR) is 545 cm³/mol. The van der Waals surface area contributed by atoms with Crippen molar-refractivity contribution >= 4 is 159 Å². The molecule has 0 radical (unpaired) electrons. The summed E-state index contributed by atoms with van der Waals surface area (Å²) in [5, 5.41) is 33.7.